The van der Waals surface area contributed by atoms with Gasteiger partial charge >= 0.3 is 0 Å². The topological polar surface area (TPSA) is 98.3 Å². The van der Waals surface area contributed by atoms with Crippen LogP contribution in [0.1, 0.15) is 31.4 Å². The molecule has 1 amide bonds. The molecule has 0 aliphatic rings. The molecule has 1 aromatic rings. The molecule has 0 aromatic heterocycles. The van der Waals surface area contributed by atoms with Crippen molar-refractivity contribution in [1.82, 2.24) is 5.32 Å². The maximum atomic E-state index is 11.9. The first-order chi connectivity index (χ1) is 9.38. The second kappa shape index (κ2) is 7.00. The van der Waals surface area contributed by atoms with Gasteiger partial charge in [0.2, 0.25) is 5.91 Å². The van der Waals surface area contributed by atoms with Gasteiger partial charge in [-0.3, -0.25) is 14.9 Å². The first-order valence-electron chi connectivity index (χ1n) is 6.64. The molecule has 0 heterocycles. The summed E-state index contributed by atoms with van der Waals surface area (Å²) in [6.45, 7) is 5.82. The van der Waals surface area contributed by atoms with E-state index in [9.17, 15) is 14.9 Å². The summed E-state index contributed by atoms with van der Waals surface area (Å²) in [7, 11) is 0. The Morgan fingerprint density at radius 2 is 2.15 bits per heavy atom. The second-order valence-electron chi connectivity index (χ2n) is 4.95. The van der Waals surface area contributed by atoms with Crippen LogP contribution in [0, 0.1) is 23.0 Å². The Labute approximate surface area is 118 Å². The van der Waals surface area contributed by atoms with E-state index >= 15 is 0 Å². The lowest BCUT2D eigenvalue weighted by Crippen LogP contribution is -2.44. The van der Waals surface area contributed by atoms with Crippen molar-refractivity contribution in [2.45, 2.75) is 39.8 Å². The molecule has 110 valence electrons. The maximum absolute atomic E-state index is 11.9. The van der Waals surface area contributed by atoms with Crippen LogP contribution in [0.5, 0.6) is 0 Å². The lowest BCUT2D eigenvalue weighted by atomic mass is 9.99. The molecule has 6 nitrogen and oxygen atoms in total. The van der Waals surface area contributed by atoms with Crippen molar-refractivity contribution in [2.24, 2.45) is 11.7 Å². The molecule has 0 bridgehead atoms. The molecule has 3 N–H and O–H groups in total. The summed E-state index contributed by atoms with van der Waals surface area (Å²) in [4.78, 5) is 22.3. The number of benzene rings is 1. The van der Waals surface area contributed by atoms with E-state index in [4.69, 9.17) is 5.73 Å². The number of hydrogen-bond donors (Lipinski definition) is 2. The smallest absolute Gasteiger partial charge is 0.272 e. The zero-order valence-electron chi connectivity index (χ0n) is 12.1. The number of carbonyl (C=O) groups excluding carboxylic acids is 1. The molecule has 0 spiro atoms. The molecule has 0 unspecified atom stereocenters. The van der Waals surface area contributed by atoms with Crippen molar-refractivity contribution < 1.29 is 9.72 Å². The summed E-state index contributed by atoms with van der Waals surface area (Å²) < 4.78 is 0. The predicted octanol–water partition coefficient (Wildman–Crippen LogP) is 1.89. The number of carbonyl (C=O) groups is 1. The lowest BCUT2D eigenvalue weighted by molar-refractivity contribution is -0.385. The Morgan fingerprint density at radius 1 is 1.50 bits per heavy atom. The van der Waals surface area contributed by atoms with Crippen LogP contribution in [0.4, 0.5) is 5.69 Å². The van der Waals surface area contributed by atoms with E-state index < -0.39 is 11.0 Å². The lowest BCUT2D eigenvalue weighted by Gasteiger charge is -2.18. The monoisotopic (exact) mass is 279 g/mol. The van der Waals surface area contributed by atoms with Crippen molar-refractivity contribution >= 4 is 11.6 Å². The van der Waals surface area contributed by atoms with Gasteiger partial charge in [0, 0.05) is 18.2 Å². The highest BCUT2D eigenvalue weighted by Gasteiger charge is 2.20. The van der Waals surface area contributed by atoms with Gasteiger partial charge in [-0.25, -0.2) is 0 Å². The minimum atomic E-state index is -0.556. The summed E-state index contributed by atoms with van der Waals surface area (Å²) >= 11 is 0. The molecular formula is C14H21N3O3. The summed E-state index contributed by atoms with van der Waals surface area (Å²) in [6, 6.07) is 4.27. The number of rotatable bonds is 6. The van der Waals surface area contributed by atoms with E-state index in [1.165, 1.54) is 6.07 Å². The Bertz CT molecular complexity index is 502. The van der Waals surface area contributed by atoms with Gasteiger partial charge in [-0.05, 0) is 18.4 Å². The van der Waals surface area contributed by atoms with Gasteiger partial charge in [0.05, 0.1) is 11.0 Å². The Kier molecular flexibility index (Phi) is 5.64. The largest absolute Gasteiger partial charge is 0.351 e. The minimum Gasteiger partial charge on any atom is -0.351 e. The molecule has 6 heteroatoms. The van der Waals surface area contributed by atoms with E-state index in [0.717, 1.165) is 12.0 Å². The molecule has 1 aromatic carbocycles. The van der Waals surface area contributed by atoms with Gasteiger partial charge in [-0.2, -0.15) is 0 Å². The van der Waals surface area contributed by atoms with E-state index in [0.29, 0.717) is 5.56 Å². The Morgan fingerprint density at radius 3 is 2.70 bits per heavy atom. The summed E-state index contributed by atoms with van der Waals surface area (Å²) in [5.74, 6) is -0.133. The number of nitrogens with zero attached hydrogens (tertiary/aromatic N) is 1. The van der Waals surface area contributed by atoms with Gasteiger partial charge in [0.15, 0.2) is 0 Å². The highest BCUT2D eigenvalue weighted by molar-refractivity contribution is 5.81. The second-order valence-corrected chi connectivity index (χ2v) is 4.95. The summed E-state index contributed by atoms with van der Waals surface area (Å²) in [5.41, 5.74) is 7.18. The van der Waals surface area contributed by atoms with Crippen LogP contribution in [0.15, 0.2) is 18.2 Å². The number of nitro benzene ring substituents is 1. The van der Waals surface area contributed by atoms with Crippen LogP contribution in [0.3, 0.4) is 0 Å². The van der Waals surface area contributed by atoms with Crippen LogP contribution in [0.2, 0.25) is 0 Å². The molecule has 0 radical (unpaired) electrons. The average molecular weight is 279 g/mol. The number of nitro groups is 1. The number of hydrogen-bond acceptors (Lipinski definition) is 4. The first-order valence-corrected chi connectivity index (χ1v) is 6.64. The molecule has 0 fully saturated rings. The quantitative estimate of drug-likeness (QED) is 0.613. The molecule has 0 saturated heterocycles. The Balaban J connectivity index is 2.74. The van der Waals surface area contributed by atoms with Crippen molar-refractivity contribution in [3.8, 4) is 0 Å². The molecule has 2 atom stereocenters. The molecule has 0 aliphatic heterocycles. The van der Waals surface area contributed by atoms with E-state index in [1.54, 1.807) is 19.1 Å². The standard InChI is InChI=1S/C14H21N3O3/c1-4-9(2)13(15)14(18)16-8-11-6-5-7-12(10(11)3)17(19)20/h5-7,9,13H,4,8,15H2,1-3H3,(H,16,18)/t9-,13-/m0/s1. The third-order valence-corrected chi connectivity index (χ3v) is 3.63. The van der Waals surface area contributed by atoms with Crippen molar-refractivity contribution in [3.05, 3.63) is 39.4 Å². The van der Waals surface area contributed by atoms with Crippen LogP contribution in [0.25, 0.3) is 0 Å². The number of nitrogens with two attached hydrogens (primary N) is 1. The zero-order chi connectivity index (χ0) is 15.3. The fourth-order valence-corrected chi connectivity index (χ4v) is 1.87. The molecule has 20 heavy (non-hydrogen) atoms. The van der Waals surface area contributed by atoms with E-state index in [2.05, 4.69) is 5.32 Å². The summed E-state index contributed by atoms with van der Waals surface area (Å²) in [6.07, 6.45) is 0.824. The molecule has 1 rings (SSSR count). The van der Waals surface area contributed by atoms with Crippen LogP contribution < -0.4 is 11.1 Å². The van der Waals surface area contributed by atoms with E-state index in [1.807, 2.05) is 13.8 Å². The van der Waals surface area contributed by atoms with Crippen LogP contribution in [-0.2, 0) is 11.3 Å². The minimum absolute atomic E-state index is 0.0583. The van der Waals surface area contributed by atoms with Gasteiger partial charge in [0.1, 0.15) is 0 Å². The molecular weight excluding hydrogens is 258 g/mol. The number of nitrogens with one attached hydrogen (secondary N) is 1. The summed E-state index contributed by atoms with van der Waals surface area (Å²) in [5, 5.41) is 13.6. The normalized spacial score (nSPS) is 13.6. The van der Waals surface area contributed by atoms with Gasteiger partial charge in [-0.1, -0.05) is 32.4 Å². The van der Waals surface area contributed by atoms with Gasteiger partial charge in [-0.15, -0.1) is 0 Å². The van der Waals surface area contributed by atoms with Crippen molar-refractivity contribution in [1.29, 1.82) is 0 Å². The van der Waals surface area contributed by atoms with Crippen LogP contribution in [-0.4, -0.2) is 16.9 Å². The maximum Gasteiger partial charge on any atom is 0.272 e. The molecule has 0 saturated carbocycles. The fraction of sp³-hybridized carbons (Fsp3) is 0.500. The van der Waals surface area contributed by atoms with Gasteiger partial charge < -0.3 is 11.1 Å². The fourth-order valence-electron chi connectivity index (χ4n) is 1.87. The third kappa shape index (κ3) is 3.77. The highest BCUT2D eigenvalue weighted by Crippen LogP contribution is 2.20. The zero-order valence-corrected chi connectivity index (χ0v) is 12.1. The molecule has 0 aliphatic carbocycles. The third-order valence-electron chi connectivity index (χ3n) is 3.63. The van der Waals surface area contributed by atoms with Gasteiger partial charge in [0.25, 0.3) is 5.69 Å². The Hall–Kier alpha value is -1.95. The predicted molar refractivity (Wildman–Crippen MR) is 77.1 cm³/mol. The average Bonchev–Trinajstić information content (AvgIpc) is 2.43. The highest BCUT2D eigenvalue weighted by atomic mass is 16.6. The van der Waals surface area contributed by atoms with Crippen molar-refractivity contribution in [2.75, 3.05) is 0 Å². The number of amides is 1. The van der Waals surface area contributed by atoms with Crippen molar-refractivity contribution in [3.63, 3.8) is 0 Å². The van der Waals surface area contributed by atoms with E-state index in [-0.39, 0.29) is 24.1 Å². The first kappa shape index (κ1) is 16.1. The van der Waals surface area contributed by atoms with Crippen LogP contribution >= 0.6 is 0 Å². The SMILES string of the molecule is CC[C@H](C)[C@H](N)C(=O)NCc1cccc([N+](=O)[O-])c1C.